The fourth-order valence-electron chi connectivity index (χ4n) is 4.19. The zero-order chi connectivity index (χ0) is 20.3. The molecule has 1 aliphatic rings. The van der Waals surface area contributed by atoms with Crippen molar-refractivity contribution in [2.75, 3.05) is 32.7 Å². The first-order chi connectivity index (χ1) is 13.5. The summed E-state index contributed by atoms with van der Waals surface area (Å²) in [4.78, 5) is 22.8. The number of benzene rings is 1. The molecule has 154 valence electrons. The lowest BCUT2D eigenvalue weighted by molar-refractivity contribution is 0.177. The zero-order valence-electron chi connectivity index (χ0n) is 17.0. The quantitative estimate of drug-likeness (QED) is 0.658. The molecular formula is C21H30BrFN4O. The van der Waals surface area contributed by atoms with Gasteiger partial charge in [-0.25, -0.2) is 9.37 Å². The Balaban J connectivity index is 2.11. The predicted molar refractivity (Wildman–Crippen MR) is 115 cm³/mol. The Morgan fingerprint density at radius 2 is 1.93 bits per heavy atom. The molecule has 1 unspecified atom stereocenters. The summed E-state index contributed by atoms with van der Waals surface area (Å²) in [5, 5.41) is 0.334. The van der Waals surface area contributed by atoms with E-state index in [0.717, 1.165) is 52.0 Å². The van der Waals surface area contributed by atoms with Crippen LogP contribution in [0.4, 0.5) is 4.39 Å². The fourth-order valence-corrected chi connectivity index (χ4v) is 4.62. The molecule has 0 spiro atoms. The Morgan fingerprint density at radius 3 is 2.61 bits per heavy atom. The van der Waals surface area contributed by atoms with Crippen LogP contribution in [0.25, 0.3) is 10.9 Å². The summed E-state index contributed by atoms with van der Waals surface area (Å²) >= 11 is 3.29. The number of fused-ring (bicyclic) bond motifs is 1. The minimum Gasteiger partial charge on any atom is -0.302 e. The van der Waals surface area contributed by atoms with Gasteiger partial charge in [-0.2, -0.15) is 0 Å². The van der Waals surface area contributed by atoms with Gasteiger partial charge in [0, 0.05) is 30.7 Å². The predicted octanol–water partition coefficient (Wildman–Crippen LogP) is 4.19. The van der Waals surface area contributed by atoms with E-state index in [1.165, 1.54) is 6.07 Å². The summed E-state index contributed by atoms with van der Waals surface area (Å²) in [5.41, 5.74) is 0.0211. The van der Waals surface area contributed by atoms with Crippen LogP contribution in [0.1, 0.15) is 51.9 Å². The van der Waals surface area contributed by atoms with Crippen molar-refractivity contribution in [3.63, 3.8) is 0 Å². The van der Waals surface area contributed by atoms with E-state index < -0.39 is 5.82 Å². The number of halogens is 2. The Labute approximate surface area is 174 Å². The third-order valence-corrected chi connectivity index (χ3v) is 6.15. The van der Waals surface area contributed by atoms with Crippen molar-refractivity contribution in [2.24, 2.45) is 0 Å². The highest BCUT2D eigenvalue weighted by atomic mass is 79.9. The van der Waals surface area contributed by atoms with Gasteiger partial charge < -0.3 is 4.90 Å². The highest BCUT2D eigenvalue weighted by molar-refractivity contribution is 9.10. The monoisotopic (exact) mass is 452 g/mol. The maximum absolute atomic E-state index is 14.6. The largest absolute Gasteiger partial charge is 0.302 e. The molecule has 0 radical (unpaired) electrons. The van der Waals surface area contributed by atoms with Gasteiger partial charge in [0.1, 0.15) is 11.3 Å². The fraction of sp³-hybridized carbons (Fsp3) is 0.619. The van der Waals surface area contributed by atoms with Crippen molar-refractivity contribution < 1.29 is 4.39 Å². The standard InChI is InChI=1S/C21H30BrFN4O/c1-4-8-18(26-10-7-9-25(5-2)11-12-26)20-24-19-16(21(28)27(20)6-3)13-15(22)14-17(19)23/h13-14,18H,4-12H2,1-3H3. The Kier molecular flexibility index (Phi) is 7.23. The van der Waals surface area contributed by atoms with E-state index in [9.17, 15) is 9.18 Å². The summed E-state index contributed by atoms with van der Waals surface area (Å²) in [7, 11) is 0. The van der Waals surface area contributed by atoms with Crippen LogP contribution in [-0.4, -0.2) is 52.1 Å². The van der Waals surface area contributed by atoms with Crippen LogP contribution < -0.4 is 5.56 Å². The van der Waals surface area contributed by atoms with Gasteiger partial charge in [-0.1, -0.05) is 36.2 Å². The molecule has 0 saturated carbocycles. The highest BCUT2D eigenvalue weighted by Crippen LogP contribution is 2.28. The summed E-state index contributed by atoms with van der Waals surface area (Å²) in [6.07, 6.45) is 2.99. The van der Waals surface area contributed by atoms with Gasteiger partial charge in [-0.15, -0.1) is 0 Å². The van der Waals surface area contributed by atoms with Crippen LogP contribution in [-0.2, 0) is 6.54 Å². The summed E-state index contributed by atoms with van der Waals surface area (Å²) in [5.74, 6) is 0.252. The Hall–Kier alpha value is -1.31. The number of rotatable bonds is 6. The summed E-state index contributed by atoms with van der Waals surface area (Å²) in [6, 6.07) is 3.08. The number of likely N-dealkylation sites (N-methyl/N-ethyl adjacent to an activating group) is 1. The van der Waals surface area contributed by atoms with E-state index in [-0.39, 0.29) is 17.1 Å². The lowest BCUT2D eigenvalue weighted by Gasteiger charge is -2.31. The Bertz CT molecular complexity index is 885. The smallest absolute Gasteiger partial charge is 0.261 e. The molecule has 1 aromatic carbocycles. The Morgan fingerprint density at radius 1 is 1.14 bits per heavy atom. The van der Waals surface area contributed by atoms with Crippen LogP contribution in [0, 0.1) is 5.82 Å². The molecule has 5 nitrogen and oxygen atoms in total. The number of hydrogen-bond donors (Lipinski definition) is 0. The highest BCUT2D eigenvalue weighted by Gasteiger charge is 2.27. The molecule has 1 saturated heterocycles. The molecule has 0 N–H and O–H groups in total. The first kappa shape index (κ1) is 21.4. The topological polar surface area (TPSA) is 41.4 Å². The van der Waals surface area contributed by atoms with Crippen molar-refractivity contribution in [3.8, 4) is 0 Å². The van der Waals surface area contributed by atoms with Gasteiger partial charge in [0.05, 0.1) is 11.4 Å². The second-order valence-corrected chi connectivity index (χ2v) is 8.35. The first-order valence-corrected chi connectivity index (χ1v) is 11.1. The molecule has 1 fully saturated rings. The van der Waals surface area contributed by atoms with Crippen molar-refractivity contribution in [2.45, 2.75) is 52.6 Å². The van der Waals surface area contributed by atoms with Gasteiger partial charge in [0.2, 0.25) is 0 Å². The third kappa shape index (κ3) is 4.31. The minimum absolute atomic E-state index is 0.0295. The molecule has 0 amide bonds. The van der Waals surface area contributed by atoms with Gasteiger partial charge in [0.25, 0.3) is 5.56 Å². The second kappa shape index (κ2) is 9.46. The molecular weight excluding hydrogens is 423 g/mol. The molecule has 28 heavy (non-hydrogen) atoms. The summed E-state index contributed by atoms with van der Waals surface area (Å²) in [6.45, 7) is 11.9. The molecule has 0 bridgehead atoms. The molecule has 2 heterocycles. The van der Waals surface area contributed by atoms with Crippen molar-refractivity contribution in [1.29, 1.82) is 0 Å². The third-order valence-electron chi connectivity index (χ3n) is 5.69. The zero-order valence-corrected chi connectivity index (χ0v) is 18.6. The molecule has 1 atom stereocenters. The molecule has 1 aliphatic heterocycles. The normalized spacial score (nSPS) is 17.8. The van der Waals surface area contributed by atoms with Crippen molar-refractivity contribution >= 4 is 26.8 Å². The number of hydrogen-bond acceptors (Lipinski definition) is 4. The maximum atomic E-state index is 14.6. The number of nitrogens with zero attached hydrogens (tertiary/aromatic N) is 4. The lowest BCUT2D eigenvalue weighted by Crippen LogP contribution is -2.37. The van der Waals surface area contributed by atoms with Crippen LogP contribution in [0.15, 0.2) is 21.4 Å². The van der Waals surface area contributed by atoms with Crippen LogP contribution in [0.5, 0.6) is 0 Å². The molecule has 2 aromatic rings. The van der Waals surface area contributed by atoms with E-state index in [2.05, 4.69) is 39.6 Å². The van der Waals surface area contributed by atoms with Gasteiger partial charge in [0.15, 0.2) is 5.82 Å². The second-order valence-electron chi connectivity index (χ2n) is 7.43. The molecule has 1 aromatic heterocycles. The maximum Gasteiger partial charge on any atom is 0.261 e. The van der Waals surface area contributed by atoms with Gasteiger partial charge >= 0.3 is 0 Å². The summed E-state index contributed by atoms with van der Waals surface area (Å²) < 4.78 is 16.9. The average Bonchev–Trinajstić information content (AvgIpc) is 2.92. The van der Waals surface area contributed by atoms with Crippen LogP contribution in [0.2, 0.25) is 0 Å². The molecule has 7 heteroatoms. The minimum atomic E-state index is -0.450. The molecule has 3 rings (SSSR count). The molecule has 0 aliphatic carbocycles. The van der Waals surface area contributed by atoms with E-state index in [1.807, 2.05) is 6.92 Å². The van der Waals surface area contributed by atoms with Crippen molar-refractivity contribution in [3.05, 3.63) is 38.6 Å². The van der Waals surface area contributed by atoms with E-state index in [1.54, 1.807) is 10.6 Å². The van der Waals surface area contributed by atoms with E-state index in [4.69, 9.17) is 4.98 Å². The number of aromatic nitrogens is 2. The van der Waals surface area contributed by atoms with Crippen LogP contribution >= 0.6 is 15.9 Å². The van der Waals surface area contributed by atoms with Gasteiger partial charge in [-0.3, -0.25) is 14.3 Å². The SMILES string of the molecule is CCCC(c1nc2c(F)cc(Br)cc2c(=O)n1CC)N1CCCN(CC)CC1. The van der Waals surface area contributed by atoms with Crippen molar-refractivity contribution in [1.82, 2.24) is 19.4 Å². The van der Waals surface area contributed by atoms with Crippen LogP contribution in [0.3, 0.4) is 0 Å². The lowest BCUT2D eigenvalue weighted by atomic mass is 10.1. The van der Waals surface area contributed by atoms with E-state index >= 15 is 0 Å². The van der Waals surface area contributed by atoms with E-state index in [0.29, 0.717) is 22.2 Å². The van der Waals surface area contributed by atoms with Gasteiger partial charge in [-0.05, 0) is 45.0 Å². The average molecular weight is 453 g/mol. The first-order valence-electron chi connectivity index (χ1n) is 10.4.